The van der Waals surface area contributed by atoms with Gasteiger partial charge in [0, 0.05) is 19.3 Å². The summed E-state index contributed by atoms with van der Waals surface area (Å²) in [5, 5.41) is 3.30. The van der Waals surface area contributed by atoms with Crippen LogP contribution in [0.3, 0.4) is 0 Å². The first-order chi connectivity index (χ1) is 11.6. The number of anilines is 4. The average molecular weight is 319 g/mol. The molecule has 1 heterocycles. The third-order valence-electron chi connectivity index (χ3n) is 3.89. The minimum atomic E-state index is 0.541. The summed E-state index contributed by atoms with van der Waals surface area (Å²) >= 11 is 0. The van der Waals surface area contributed by atoms with Crippen molar-refractivity contribution in [3.63, 3.8) is 0 Å². The van der Waals surface area contributed by atoms with Gasteiger partial charge < -0.3 is 16.0 Å². The Labute approximate surface area is 142 Å². The summed E-state index contributed by atoms with van der Waals surface area (Å²) in [6.07, 6.45) is 1.54. The second kappa shape index (κ2) is 7.00. The lowest BCUT2D eigenvalue weighted by Gasteiger charge is -2.21. The maximum absolute atomic E-state index is 6.31. The van der Waals surface area contributed by atoms with Crippen LogP contribution in [0.1, 0.15) is 11.1 Å². The molecule has 3 rings (SSSR count). The van der Waals surface area contributed by atoms with Crippen LogP contribution in [-0.4, -0.2) is 17.0 Å². The van der Waals surface area contributed by atoms with E-state index < -0.39 is 0 Å². The molecule has 0 aliphatic rings. The molecule has 0 atom stereocenters. The first-order valence-electron chi connectivity index (χ1n) is 7.83. The summed E-state index contributed by atoms with van der Waals surface area (Å²) < 4.78 is 0. The summed E-state index contributed by atoms with van der Waals surface area (Å²) in [5.41, 5.74) is 10.2. The van der Waals surface area contributed by atoms with E-state index in [0.29, 0.717) is 17.3 Å². The van der Waals surface area contributed by atoms with Crippen LogP contribution in [0.5, 0.6) is 0 Å². The molecule has 0 aliphatic carbocycles. The molecule has 0 unspecified atom stereocenters. The average Bonchev–Trinajstić information content (AvgIpc) is 2.59. The minimum Gasteiger partial charge on any atom is -0.393 e. The van der Waals surface area contributed by atoms with Gasteiger partial charge in [-0.05, 0) is 24.1 Å². The number of nitrogens with two attached hydrogens (primary N) is 1. The first-order valence-corrected chi connectivity index (χ1v) is 7.83. The predicted octanol–water partition coefficient (Wildman–Crippen LogP) is 3.75. The SMILES string of the molecule is Cc1ccccc1Nc1ncnc(N(C)Cc2ccccc2)c1N. The Balaban J connectivity index is 1.84. The van der Waals surface area contributed by atoms with E-state index >= 15 is 0 Å². The van der Waals surface area contributed by atoms with Gasteiger partial charge in [-0.1, -0.05) is 48.5 Å². The number of rotatable bonds is 5. The highest BCUT2D eigenvalue weighted by atomic mass is 15.2. The monoisotopic (exact) mass is 319 g/mol. The number of aromatic nitrogens is 2. The molecule has 0 spiro atoms. The molecule has 0 saturated carbocycles. The van der Waals surface area contributed by atoms with Crippen molar-refractivity contribution < 1.29 is 0 Å². The van der Waals surface area contributed by atoms with Gasteiger partial charge in [0.1, 0.15) is 12.0 Å². The highest BCUT2D eigenvalue weighted by molar-refractivity contribution is 5.78. The number of nitrogens with one attached hydrogen (secondary N) is 1. The highest BCUT2D eigenvalue weighted by Gasteiger charge is 2.13. The van der Waals surface area contributed by atoms with E-state index in [0.717, 1.165) is 17.8 Å². The van der Waals surface area contributed by atoms with Crippen molar-refractivity contribution in [1.29, 1.82) is 0 Å². The molecule has 0 amide bonds. The molecule has 0 saturated heterocycles. The predicted molar refractivity (Wildman–Crippen MR) is 99.5 cm³/mol. The van der Waals surface area contributed by atoms with E-state index in [1.807, 2.05) is 61.3 Å². The van der Waals surface area contributed by atoms with Gasteiger partial charge >= 0.3 is 0 Å². The standard InChI is InChI=1S/C19H21N5/c1-14-8-6-7-11-16(14)23-18-17(20)19(22-13-21-18)24(2)12-15-9-4-3-5-10-15/h3-11,13H,12,20H2,1-2H3,(H,21,22,23). The fraction of sp³-hybridized carbons (Fsp3) is 0.158. The minimum absolute atomic E-state index is 0.541. The van der Waals surface area contributed by atoms with Crippen LogP contribution >= 0.6 is 0 Å². The van der Waals surface area contributed by atoms with Crippen molar-refractivity contribution in [2.45, 2.75) is 13.5 Å². The van der Waals surface area contributed by atoms with Crippen molar-refractivity contribution in [2.75, 3.05) is 23.0 Å². The molecule has 0 fully saturated rings. The Morgan fingerprint density at radius 3 is 2.46 bits per heavy atom. The normalized spacial score (nSPS) is 10.4. The smallest absolute Gasteiger partial charge is 0.159 e. The molecule has 0 radical (unpaired) electrons. The van der Waals surface area contributed by atoms with Gasteiger partial charge in [0.05, 0.1) is 0 Å². The molecule has 0 bridgehead atoms. The van der Waals surface area contributed by atoms with Gasteiger partial charge in [-0.15, -0.1) is 0 Å². The van der Waals surface area contributed by atoms with Crippen molar-refractivity contribution in [2.24, 2.45) is 0 Å². The summed E-state index contributed by atoms with van der Waals surface area (Å²) in [6, 6.07) is 18.3. The number of nitrogen functional groups attached to an aromatic ring is 1. The van der Waals surface area contributed by atoms with Crippen LogP contribution in [0.4, 0.5) is 23.0 Å². The molecule has 1 aromatic heterocycles. The number of hydrogen-bond donors (Lipinski definition) is 2. The Hall–Kier alpha value is -3.08. The molecule has 5 heteroatoms. The summed E-state index contributed by atoms with van der Waals surface area (Å²) in [7, 11) is 1.98. The Bertz CT molecular complexity index is 817. The second-order valence-electron chi connectivity index (χ2n) is 5.74. The summed E-state index contributed by atoms with van der Waals surface area (Å²) in [5.74, 6) is 1.33. The van der Waals surface area contributed by atoms with Gasteiger partial charge in [0.15, 0.2) is 11.6 Å². The maximum atomic E-state index is 6.31. The first kappa shape index (κ1) is 15.8. The zero-order valence-electron chi connectivity index (χ0n) is 13.9. The van der Waals surface area contributed by atoms with Gasteiger partial charge in [-0.2, -0.15) is 0 Å². The lowest BCUT2D eigenvalue weighted by atomic mass is 10.2. The maximum Gasteiger partial charge on any atom is 0.159 e. The molecular weight excluding hydrogens is 298 g/mol. The van der Waals surface area contributed by atoms with E-state index in [1.54, 1.807) is 0 Å². The van der Waals surface area contributed by atoms with E-state index in [4.69, 9.17) is 5.73 Å². The number of para-hydroxylation sites is 1. The fourth-order valence-corrected chi connectivity index (χ4v) is 2.56. The van der Waals surface area contributed by atoms with E-state index in [9.17, 15) is 0 Å². The third-order valence-corrected chi connectivity index (χ3v) is 3.89. The largest absolute Gasteiger partial charge is 0.393 e. The zero-order chi connectivity index (χ0) is 16.9. The van der Waals surface area contributed by atoms with E-state index in [2.05, 4.69) is 27.4 Å². The number of nitrogens with zero attached hydrogens (tertiary/aromatic N) is 3. The highest BCUT2D eigenvalue weighted by Crippen LogP contribution is 2.29. The molecular formula is C19H21N5. The number of benzene rings is 2. The van der Waals surface area contributed by atoms with Gasteiger partial charge in [0.2, 0.25) is 0 Å². The van der Waals surface area contributed by atoms with Crippen molar-refractivity contribution in [3.8, 4) is 0 Å². The van der Waals surface area contributed by atoms with Crippen LogP contribution in [0.15, 0.2) is 60.9 Å². The summed E-state index contributed by atoms with van der Waals surface area (Å²) in [6.45, 7) is 2.77. The van der Waals surface area contributed by atoms with Crippen LogP contribution in [0.25, 0.3) is 0 Å². The molecule has 24 heavy (non-hydrogen) atoms. The molecule has 5 nitrogen and oxygen atoms in total. The number of hydrogen-bond acceptors (Lipinski definition) is 5. The topological polar surface area (TPSA) is 67.1 Å². The molecule has 0 aliphatic heterocycles. The second-order valence-corrected chi connectivity index (χ2v) is 5.74. The lowest BCUT2D eigenvalue weighted by Crippen LogP contribution is -2.20. The van der Waals surface area contributed by atoms with Crippen LogP contribution in [0.2, 0.25) is 0 Å². The van der Waals surface area contributed by atoms with Gasteiger partial charge in [-0.3, -0.25) is 0 Å². The molecule has 3 N–H and O–H groups in total. The van der Waals surface area contributed by atoms with Crippen molar-refractivity contribution in [3.05, 3.63) is 72.1 Å². The Kier molecular flexibility index (Phi) is 4.61. The number of aryl methyl sites for hydroxylation is 1. The Morgan fingerprint density at radius 1 is 1.00 bits per heavy atom. The molecule has 122 valence electrons. The van der Waals surface area contributed by atoms with Crippen molar-refractivity contribution >= 4 is 23.0 Å². The fourth-order valence-electron chi connectivity index (χ4n) is 2.56. The summed E-state index contributed by atoms with van der Waals surface area (Å²) in [4.78, 5) is 10.7. The van der Waals surface area contributed by atoms with E-state index in [-0.39, 0.29) is 0 Å². The van der Waals surface area contributed by atoms with E-state index in [1.165, 1.54) is 11.9 Å². The third kappa shape index (κ3) is 3.46. The molecule has 3 aromatic rings. The quantitative estimate of drug-likeness (QED) is 0.750. The Morgan fingerprint density at radius 2 is 1.71 bits per heavy atom. The zero-order valence-corrected chi connectivity index (χ0v) is 13.9. The van der Waals surface area contributed by atoms with Crippen LogP contribution < -0.4 is 16.0 Å². The molecule has 2 aromatic carbocycles. The van der Waals surface area contributed by atoms with Crippen LogP contribution in [-0.2, 0) is 6.54 Å². The lowest BCUT2D eigenvalue weighted by molar-refractivity contribution is 0.894. The van der Waals surface area contributed by atoms with Crippen LogP contribution in [0, 0.1) is 6.92 Å². The van der Waals surface area contributed by atoms with Gasteiger partial charge in [-0.25, -0.2) is 9.97 Å². The van der Waals surface area contributed by atoms with Gasteiger partial charge in [0.25, 0.3) is 0 Å². The van der Waals surface area contributed by atoms with Crippen molar-refractivity contribution in [1.82, 2.24) is 9.97 Å².